The van der Waals surface area contributed by atoms with Gasteiger partial charge in [-0.05, 0) is 216 Å². The van der Waals surface area contributed by atoms with Crippen LogP contribution in [0.3, 0.4) is 0 Å². The maximum atomic E-state index is 2.45. The van der Waals surface area contributed by atoms with E-state index in [0.29, 0.717) is 0 Å². The van der Waals surface area contributed by atoms with Crippen molar-refractivity contribution < 1.29 is 0 Å². The molecule has 4 nitrogen and oxygen atoms in total. The van der Waals surface area contributed by atoms with Gasteiger partial charge in [-0.25, -0.2) is 0 Å². The van der Waals surface area contributed by atoms with Crippen molar-refractivity contribution in [1.82, 2.24) is 9.13 Å². The molecule has 0 saturated heterocycles. The van der Waals surface area contributed by atoms with E-state index < -0.39 is 0 Å². The van der Waals surface area contributed by atoms with Crippen LogP contribution in [0.25, 0.3) is 133 Å². The Morgan fingerprint density at radius 2 is 0.563 bits per heavy atom. The summed E-state index contributed by atoms with van der Waals surface area (Å²) >= 11 is 0. The number of hydrogen-bond donors (Lipinski definition) is 0. The Labute approximate surface area is 600 Å². The number of nitrogens with zero attached hydrogens (tertiary/aromatic N) is 4. The first-order chi connectivity index (χ1) is 50.8. The minimum Gasteiger partial charge on any atom is -0.311 e. The fraction of sp³-hybridized carbons (Fsp3) is 0.0303. The van der Waals surface area contributed by atoms with Gasteiger partial charge in [0.25, 0.3) is 0 Å². The molecular weight excluding hydrogens is 1250 g/mol. The number of benzene rings is 16. The predicted octanol–water partition coefficient (Wildman–Crippen LogP) is 27.1. The van der Waals surface area contributed by atoms with E-state index in [1.54, 1.807) is 0 Å². The summed E-state index contributed by atoms with van der Waals surface area (Å²) in [5.74, 6) is 0. The molecular formula is C99H70N4. The highest BCUT2D eigenvalue weighted by Gasteiger charge is 2.36. The van der Waals surface area contributed by atoms with Crippen molar-refractivity contribution in [2.45, 2.75) is 19.3 Å². The highest BCUT2D eigenvalue weighted by atomic mass is 15.1. The molecule has 4 heteroatoms. The van der Waals surface area contributed by atoms with Gasteiger partial charge >= 0.3 is 0 Å². The van der Waals surface area contributed by atoms with Crippen LogP contribution in [-0.4, -0.2) is 9.13 Å². The van der Waals surface area contributed by atoms with Crippen LogP contribution in [-0.2, 0) is 5.41 Å². The van der Waals surface area contributed by atoms with Gasteiger partial charge in [0.2, 0.25) is 0 Å². The first-order valence-electron chi connectivity index (χ1n) is 35.6. The molecule has 0 fully saturated rings. The van der Waals surface area contributed by atoms with Crippen LogP contribution in [0.4, 0.5) is 34.1 Å². The SMILES string of the molecule is CC1(C)c2ccccc2-c2ccc(N(c3ccc(-c4ccccc4)cc3)c3ccc(-c4ccc5c(c4)c4ccccc4n5-c4cccc(-c5cccc6c5c5ccccc5n6-c5ccc(-c6ccc(N(c7ccc(-c8ccccc8)cc7)c7ccc(-c8ccccc8)cc7)cc6)cc5)c4)cc3)cc21. The number of fused-ring (bicyclic) bond motifs is 9. The summed E-state index contributed by atoms with van der Waals surface area (Å²) in [7, 11) is 0. The second-order valence-corrected chi connectivity index (χ2v) is 27.6. The Bertz CT molecular complexity index is 6110. The van der Waals surface area contributed by atoms with E-state index in [9.17, 15) is 0 Å². The van der Waals surface area contributed by atoms with Crippen molar-refractivity contribution in [2.24, 2.45) is 0 Å². The van der Waals surface area contributed by atoms with Crippen molar-refractivity contribution >= 4 is 77.7 Å². The monoisotopic (exact) mass is 1310 g/mol. The molecule has 0 saturated carbocycles. The van der Waals surface area contributed by atoms with Crippen molar-refractivity contribution in [2.75, 3.05) is 9.80 Å². The summed E-state index contributed by atoms with van der Waals surface area (Å²) in [5, 5.41) is 4.88. The number of rotatable bonds is 14. The van der Waals surface area contributed by atoms with Crippen LogP contribution >= 0.6 is 0 Å². The Hall–Kier alpha value is -13.3. The maximum Gasteiger partial charge on any atom is 0.0547 e. The summed E-state index contributed by atoms with van der Waals surface area (Å²) in [5.41, 5.74) is 32.9. The maximum absolute atomic E-state index is 2.45. The van der Waals surface area contributed by atoms with Crippen molar-refractivity contribution in [3.63, 3.8) is 0 Å². The minimum absolute atomic E-state index is 0.131. The topological polar surface area (TPSA) is 16.3 Å². The molecule has 16 aromatic carbocycles. The average Bonchev–Trinajstić information content (AvgIpc) is 1.59. The molecule has 1 aliphatic carbocycles. The summed E-state index contributed by atoms with van der Waals surface area (Å²) in [6.45, 7) is 4.72. The smallest absolute Gasteiger partial charge is 0.0547 e. The van der Waals surface area contributed by atoms with Gasteiger partial charge in [-0.2, -0.15) is 0 Å². The van der Waals surface area contributed by atoms with E-state index in [4.69, 9.17) is 0 Å². The number of hydrogen-bond acceptors (Lipinski definition) is 2. The molecule has 19 rings (SSSR count). The van der Waals surface area contributed by atoms with Crippen LogP contribution < -0.4 is 9.80 Å². The molecule has 0 unspecified atom stereocenters. The average molecular weight is 1320 g/mol. The quantitative estimate of drug-likeness (QED) is 0.108. The highest BCUT2D eigenvalue weighted by molar-refractivity contribution is 6.16. The number of para-hydroxylation sites is 2. The summed E-state index contributed by atoms with van der Waals surface area (Å²) < 4.78 is 4.88. The molecule has 0 N–H and O–H groups in total. The van der Waals surface area contributed by atoms with Gasteiger partial charge in [-0.1, -0.05) is 275 Å². The molecule has 486 valence electrons. The second-order valence-electron chi connectivity index (χ2n) is 27.6. The Morgan fingerprint density at radius 1 is 0.204 bits per heavy atom. The first-order valence-corrected chi connectivity index (χ1v) is 35.6. The zero-order valence-corrected chi connectivity index (χ0v) is 57.2. The van der Waals surface area contributed by atoms with E-state index in [2.05, 4.69) is 421 Å². The zero-order valence-electron chi connectivity index (χ0n) is 57.2. The van der Waals surface area contributed by atoms with E-state index in [1.165, 1.54) is 99.3 Å². The Morgan fingerprint density at radius 3 is 1.11 bits per heavy atom. The second kappa shape index (κ2) is 25.2. The van der Waals surface area contributed by atoms with Crippen molar-refractivity contribution in [3.8, 4) is 89.3 Å². The molecule has 1 aliphatic rings. The summed E-state index contributed by atoms with van der Waals surface area (Å²) in [4.78, 5) is 4.76. The summed E-state index contributed by atoms with van der Waals surface area (Å²) in [6.07, 6.45) is 0. The Kier molecular flexibility index (Phi) is 14.9. The van der Waals surface area contributed by atoms with Gasteiger partial charge in [0.05, 0.1) is 22.1 Å². The summed E-state index contributed by atoms with van der Waals surface area (Å²) in [6, 6.07) is 142. The Balaban J connectivity index is 0.628. The van der Waals surface area contributed by atoms with Gasteiger partial charge in [0.15, 0.2) is 0 Å². The number of aromatic nitrogens is 2. The molecule has 0 bridgehead atoms. The molecule has 2 heterocycles. The molecule has 0 atom stereocenters. The van der Waals surface area contributed by atoms with Gasteiger partial charge < -0.3 is 18.9 Å². The molecule has 18 aromatic rings. The van der Waals surface area contributed by atoms with Gasteiger partial charge in [0.1, 0.15) is 0 Å². The van der Waals surface area contributed by atoms with Gasteiger partial charge in [0, 0.05) is 72.5 Å². The van der Waals surface area contributed by atoms with Crippen LogP contribution in [0.1, 0.15) is 25.0 Å². The van der Waals surface area contributed by atoms with E-state index in [0.717, 1.165) is 78.8 Å². The lowest BCUT2D eigenvalue weighted by atomic mass is 9.82. The van der Waals surface area contributed by atoms with Crippen LogP contribution in [0.5, 0.6) is 0 Å². The van der Waals surface area contributed by atoms with E-state index in [1.807, 2.05) is 0 Å². The molecule has 103 heavy (non-hydrogen) atoms. The molecule has 0 radical (unpaired) electrons. The lowest BCUT2D eigenvalue weighted by molar-refractivity contribution is 0.660. The van der Waals surface area contributed by atoms with Crippen LogP contribution in [0.2, 0.25) is 0 Å². The molecule has 0 aliphatic heterocycles. The van der Waals surface area contributed by atoms with Crippen LogP contribution in [0.15, 0.2) is 388 Å². The fourth-order valence-electron chi connectivity index (χ4n) is 16.2. The van der Waals surface area contributed by atoms with Crippen molar-refractivity contribution in [1.29, 1.82) is 0 Å². The molecule has 2 aromatic heterocycles. The zero-order chi connectivity index (χ0) is 68.5. The third-order valence-corrected chi connectivity index (χ3v) is 21.4. The first kappa shape index (κ1) is 60.9. The van der Waals surface area contributed by atoms with E-state index in [-0.39, 0.29) is 5.41 Å². The highest BCUT2D eigenvalue weighted by Crippen LogP contribution is 2.51. The van der Waals surface area contributed by atoms with E-state index >= 15 is 0 Å². The minimum atomic E-state index is -0.131. The lowest BCUT2D eigenvalue weighted by Crippen LogP contribution is -2.16. The molecule has 0 amide bonds. The normalized spacial score (nSPS) is 12.3. The standard InChI is InChI=1S/C99H70N4/c1-99(2)92-32-15-12-28-87(92)88-62-61-85(66-93(88)99)101(81-55-40-72(41-56-81)69-24-10-5-11-25-69)82-57-46-75(47-58-82)76-48-63-96-91(65-76)89-29-13-16-33-94(89)103(96)84-27-18-26-77(64-84)86-31-19-35-97-98(86)90-30-14-17-34-95(90)102(97)83-59-44-74(45-60-83)73-42-53-80(54-43-73)100(78-49-36-70(37-50-78)67-20-6-3-7-21-67)79-51-38-71(39-52-79)68-22-8-4-9-23-68/h3-66H,1-2H3. The predicted molar refractivity (Wildman–Crippen MR) is 435 cm³/mol. The van der Waals surface area contributed by atoms with Gasteiger partial charge in [-0.15, -0.1) is 0 Å². The fourth-order valence-corrected chi connectivity index (χ4v) is 16.2. The number of anilines is 6. The third kappa shape index (κ3) is 10.7. The lowest BCUT2D eigenvalue weighted by Gasteiger charge is -2.28. The van der Waals surface area contributed by atoms with Crippen molar-refractivity contribution in [3.05, 3.63) is 399 Å². The van der Waals surface area contributed by atoms with Gasteiger partial charge in [-0.3, -0.25) is 0 Å². The third-order valence-electron chi connectivity index (χ3n) is 21.4. The largest absolute Gasteiger partial charge is 0.311 e. The van der Waals surface area contributed by atoms with Crippen LogP contribution in [0, 0.1) is 0 Å². The molecule has 0 spiro atoms.